The summed E-state index contributed by atoms with van der Waals surface area (Å²) in [6, 6.07) is 22.7. The highest BCUT2D eigenvalue weighted by atomic mass is 29.6. The third-order valence-electron chi connectivity index (χ3n) is 5.13. The predicted octanol–water partition coefficient (Wildman–Crippen LogP) is 2.30. The number of benzene rings is 2. The molecule has 2 atom stereocenters. The second-order valence-electron chi connectivity index (χ2n) is 7.46. The van der Waals surface area contributed by atoms with Crippen molar-refractivity contribution >= 4 is 34.6 Å². The Labute approximate surface area is 161 Å². The van der Waals surface area contributed by atoms with Crippen LogP contribution in [0.4, 0.5) is 0 Å². The lowest BCUT2D eigenvalue weighted by molar-refractivity contribution is -0.158. The molecule has 1 heterocycles. The van der Waals surface area contributed by atoms with Gasteiger partial charge in [0.15, 0.2) is 13.6 Å². The molecule has 2 aromatic rings. The van der Waals surface area contributed by atoms with Crippen molar-refractivity contribution in [2.24, 2.45) is 0 Å². The number of hydrogen-bond acceptors (Lipinski definition) is 3. The minimum atomic E-state index is -2.33. The van der Waals surface area contributed by atoms with E-state index in [0.29, 0.717) is 6.61 Å². The van der Waals surface area contributed by atoms with E-state index >= 15 is 0 Å². The molecule has 0 bridgehead atoms. The van der Waals surface area contributed by atoms with Crippen LogP contribution in [-0.4, -0.2) is 43.2 Å². The molecule has 0 amide bonds. The van der Waals surface area contributed by atoms with E-state index in [0.717, 1.165) is 12.7 Å². The fourth-order valence-electron chi connectivity index (χ4n) is 4.45. The van der Waals surface area contributed by atoms with Crippen molar-refractivity contribution in [2.45, 2.75) is 39.1 Å². The van der Waals surface area contributed by atoms with E-state index in [1.807, 2.05) is 0 Å². The summed E-state index contributed by atoms with van der Waals surface area (Å²) in [6.07, 6.45) is 0. The Bertz CT molecular complexity index is 651. The standard InChI is InChI=1S/C20H30O3Si3/c1-5-21-20(3)17-25(4,22-6-2)24-26(23-20,18-13-9-7-10-14-18)19-15-11-8-12-16-19/h7-16H,5-6,17,24H2,1-4H3. The fourth-order valence-corrected chi connectivity index (χ4v) is 37.0. The van der Waals surface area contributed by atoms with Crippen molar-refractivity contribution in [2.75, 3.05) is 13.2 Å². The van der Waals surface area contributed by atoms with E-state index < -0.39 is 30.0 Å². The minimum Gasteiger partial charge on any atom is -0.421 e. The average molecular weight is 403 g/mol. The van der Waals surface area contributed by atoms with E-state index in [1.165, 1.54) is 10.4 Å². The quantitative estimate of drug-likeness (QED) is 0.694. The van der Waals surface area contributed by atoms with Gasteiger partial charge in [0.1, 0.15) is 0 Å². The third-order valence-corrected chi connectivity index (χ3v) is 31.3. The lowest BCUT2D eigenvalue weighted by Crippen LogP contribution is -2.79. The SMILES string of the molecule is CCOC1(C)C[Si](C)(OCC)[SiH2][Si](c2ccccc2)(c2ccccc2)O1. The summed E-state index contributed by atoms with van der Waals surface area (Å²) in [4.78, 5) is 0. The van der Waals surface area contributed by atoms with Crippen LogP contribution in [0.25, 0.3) is 0 Å². The lowest BCUT2D eigenvalue weighted by atomic mass is 10.4. The second-order valence-corrected chi connectivity index (χ2v) is 26.1. The summed E-state index contributed by atoms with van der Waals surface area (Å²) in [7, 11) is -4.80. The van der Waals surface area contributed by atoms with Gasteiger partial charge in [0, 0.05) is 19.3 Å². The molecule has 0 radical (unpaired) electrons. The maximum atomic E-state index is 7.05. The minimum absolute atomic E-state index is 0.561. The Balaban J connectivity index is 2.18. The molecule has 140 valence electrons. The molecular weight excluding hydrogens is 372 g/mol. The highest BCUT2D eigenvalue weighted by Gasteiger charge is 2.58. The van der Waals surface area contributed by atoms with Gasteiger partial charge >= 0.3 is 0 Å². The van der Waals surface area contributed by atoms with E-state index in [1.54, 1.807) is 0 Å². The third kappa shape index (κ3) is 3.95. The smallest absolute Gasteiger partial charge is 0.237 e. The Morgan fingerprint density at radius 2 is 1.50 bits per heavy atom. The van der Waals surface area contributed by atoms with Gasteiger partial charge in [-0.25, -0.2) is 0 Å². The van der Waals surface area contributed by atoms with Crippen molar-refractivity contribution in [1.82, 2.24) is 0 Å². The van der Waals surface area contributed by atoms with Gasteiger partial charge in [-0.2, -0.15) is 0 Å². The molecule has 1 fully saturated rings. The monoisotopic (exact) mass is 402 g/mol. The molecule has 0 N–H and O–H groups in total. The van der Waals surface area contributed by atoms with Crippen molar-refractivity contribution in [3.8, 4) is 0 Å². The van der Waals surface area contributed by atoms with Crippen molar-refractivity contribution in [3.05, 3.63) is 60.7 Å². The maximum absolute atomic E-state index is 7.05. The molecule has 1 aliphatic heterocycles. The van der Waals surface area contributed by atoms with E-state index in [2.05, 4.69) is 88.0 Å². The van der Waals surface area contributed by atoms with Gasteiger partial charge < -0.3 is 13.6 Å². The molecule has 6 heteroatoms. The van der Waals surface area contributed by atoms with Crippen LogP contribution < -0.4 is 10.4 Å². The first-order valence-corrected chi connectivity index (χ1v) is 18.7. The number of ether oxygens (including phenoxy) is 1. The van der Waals surface area contributed by atoms with E-state index in [-0.39, 0.29) is 0 Å². The summed E-state index contributed by atoms with van der Waals surface area (Å²) in [5.41, 5.74) is 0. The van der Waals surface area contributed by atoms with Crippen LogP contribution in [0.5, 0.6) is 0 Å². The Morgan fingerprint density at radius 3 is 1.96 bits per heavy atom. The molecule has 0 aliphatic carbocycles. The Hall–Kier alpha value is -1.03. The highest BCUT2D eigenvalue weighted by Crippen LogP contribution is 2.35. The molecule has 3 nitrogen and oxygen atoms in total. The average Bonchev–Trinajstić information content (AvgIpc) is 2.62. The molecule has 26 heavy (non-hydrogen) atoms. The van der Waals surface area contributed by atoms with Crippen LogP contribution in [0.2, 0.25) is 12.6 Å². The van der Waals surface area contributed by atoms with Crippen molar-refractivity contribution in [1.29, 1.82) is 0 Å². The normalized spacial score (nSPS) is 28.9. The zero-order chi connectivity index (χ0) is 18.7. The van der Waals surface area contributed by atoms with Gasteiger partial charge in [-0.05, 0) is 37.7 Å². The first-order valence-electron chi connectivity index (χ1n) is 9.54. The van der Waals surface area contributed by atoms with Crippen LogP contribution in [0.15, 0.2) is 60.7 Å². The van der Waals surface area contributed by atoms with Crippen molar-refractivity contribution in [3.63, 3.8) is 0 Å². The van der Waals surface area contributed by atoms with Crippen molar-refractivity contribution < 1.29 is 13.6 Å². The van der Waals surface area contributed by atoms with Gasteiger partial charge in [0.05, 0.1) is 8.55 Å². The molecule has 2 aromatic carbocycles. The van der Waals surface area contributed by atoms with E-state index in [4.69, 9.17) is 13.6 Å². The number of hydrogen-bond donors (Lipinski definition) is 0. The summed E-state index contributed by atoms with van der Waals surface area (Å²) < 4.78 is 19.7. The van der Waals surface area contributed by atoms with Gasteiger partial charge in [-0.3, -0.25) is 0 Å². The van der Waals surface area contributed by atoms with Crippen LogP contribution in [0.3, 0.4) is 0 Å². The maximum Gasteiger partial charge on any atom is 0.237 e. The first-order chi connectivity index (χ1) is 12.5. The zero-order valence-corrected chi connectivity index (χ0v) is 19.7. The lowest BCUT2D eigenvalue weighted by Gasteiger charge is -2.51. The summed E-state index contributed by atoms with van der Waals surface area (Å²) in [6.45, 7) is 10.1. The summed E-state index contributed by atoms with van der Waals surface area (Å²) >= 11 is 0. The largest absolute Gasteiger partial charge is 0.421 e. The molecule has 0 saturated carbocycles. The molecule has 1 aliphatic rings. The van der Waals surface area contributed by atoms with Gasteiger partial charge in [-0.1, -0.05) is 60.7 Å². The number of rotatable bonds is 6. The van der Waals surface area contributed by atoms with Gasteiger partial charge in [0.25, 0.3) is 0 Å². The van der Waals surface area contributed by atoms with Crippen LogP contribution >= 0.6 is 0 Å². The first kappa shape index (κ1) is 19.7. The predicted molar refractivity (Wildman–Crippen MR) is 116 cm³/mol. The topological polar surface area (TPSA) is 27.7 Å². The van der Waals surface area contributed by atoms with E-state index in [9.17, 15) is 0 Å². The Kier molecular flexibility index (Phi) is 6.01. The molecule has 0 aromatic heterocycles. The van der Waals surface area contributed by atoms with Crippen LogP contribution in [0.1, 0.15) is 20.8 Å². The van der Waals surface area contributed by atoms with Crippen LogP contribution in [-0.2, 0) is 13.6 Å². The Morgan fingerprint density at radius 1 is 0.962 bits per heavy atom. The van der Waals surface area contributed by atoms with Crippen LogP contribution in [0, 0.1) is 0 Å². The van der Waals surface area contributed by atoms with Gasteiger partial charge in [-0.15, -0.1) is 0 Å². The molecule has 1 saturated heterocycles. The second kappa shape index (κ2) is 7.92. The molecular formula is C20H30O3Si3. The zero-order valence-electron chi connectivity index (χ0n) is 16.3. The summed E-state index contributed by atoms with van der Waals surface area (Å²) in [5.74, 6) is -0.561. The molecule has 2 unspecified atom stereocenters. The molecule has 0 spiro atoms. The highest BCUT2D eigenvalue weighted by molar-refractivity contribution is 7.57. The molecule has 3 rings (SSSR count). The fraction of sp³-hybridized carbons (Fsp3) is 0.400. The van der Waals surface area contributed by atoms with Gasteiger partial charge in [0.2, 0.25) is 7.83 Å². The summed E-state index contributed by atoms with van der Waals surface area (Å²) in [5, 5.41) is 2.73.